The van der Waals surface area contributed by atoms with E-state index in [1.807, 2.05) is 0 Å². The van der Waals surface area contributed by atoms with E-state index in [9.17, 15) is 0 Å². The van der Waals surface area contributed by atoms with Gasteiger partial charge in [0.05, 0.1) is 7.57 Å². The highest BCUT2D eigenvalue weighted by atomic mass is 79.9. The van der Waals surface area contributed by atoms with Crippen molar-refractivity contribution in [2.45, 2.75) is 38.6 Å². The summed E-state index contributed by atoms with van der Waals surface area (Å²) in [6.07, 6.45) is 1.13. The van der Waals surface area contributed by atoms with Gasteiger partial charge in [-0.25, -0.2) is 0 Å². The van der Waals surface area contributed by atoms with Gasteiger partial charge < -0.3 is 5.32 Å². The lowest BCUT2D eigenvalue weighted by Gasteiger charge is -2.36. The molecule has 0 aliphatic rings. The second-order valence-electron chi connectivity index (χ2n) is 5.75. The third-order valence-corrected chi connectivity index (χ3v) is 6.22. The van der Waals surface area contributed by atoms with Crippen LogP contribution in [0.15, 0.2) is 44.0 Å². The molecule has 4 heteroatoms. The number of nitrogens with one attached hydrogen (secondary N) is 1. The molecule has 0 spiro atoms. The van der Waals surface area contributed by atoms with Crippen LogP contribution in [0.1, 0.15) is 44.4 Å². The summed E-state index contributed by atoms with van der Waals surface area (Å²) in [5, 5.41) is 3.73. The van der Waals surface area contributed by atoms with Crippen LogP contribution in [-0.2, 0) is 5.41 Å². The van der Waals surface area contributed by atoms with Crippen LogP contribution in [0, 0.1) is 0 Å². The van der Waals surface area contributed by atoms with Gasteiger partial charge in [-0.2, -0.15) is 0 Å². The van der Waals surface area contributed by atoms with E-state index < -0.39 is 0 Å². The third kappa shape index (κ3) is 3.98. The van der Waals surface area contributed by atoms with E-state index in [-0.39, 0.29) is 11.5 Å². The fourth-order valence-corrected chi connectivity index (χ4v) is 5.53. The summed E-state index contributed by atoms with van der Waals surface area (Å²) in [4.78, 5) is 0. The van der Waals surface area contributed by atoms with E-state index >= 15 is 0 Å². The molecule has 0 aliphatic carbocycles. The third-order valence-electron chi connectivity index (χ3n) is 3.83. The smallest absolute Gasteiger partial charge is 0.0758 e. The highest BCUT2D eigenvalue weighted by molar-refractivity contribution is 9.12. The summed E-state index contributed by atoms with van der Waals surface area (Å²) in [6, 6.07) is 13.2. The van der Waals surface area contributed by atoms with Crippen LogP contribution in [0.3, 0.4) is 0 Å². The van der Waals surface area contributed by atoms with E-state index in [1.54, 1.807) is 11.3 Å². The topological polar surface area (TPSA) is 12.0 Å². The molecule has 1 nitrogen and oxygen atoms in total. The molecule has 0 saturated carbocycles. The molecule has 114 valence electrons. The van der Waals surface area contributed by atoms with Crippen LogP contribution in [0.5, 0.6) is 0 Å². The molecule has 2 rings (SSSR count). The summed E-state index contributed by atoms with van der Waals surface area (Å²) in [7, 11) is 0. The van der Waals surface area contributed by atoms with Gasteiger partial charge in [-0.3, -0.25) is 0 Å². The molecule has 2 aromatic rings. The normalized spacial score (nSPS) is 13.4. The standard InChI is InChI=1S/C17H21Br2NS/c1-4-10-20-15(13-11-14(18)21-16(13)19)17(2,3)12-8-6-5-7-9-12/h5-9,11,15,20H,4,10H2,1-3H3. The number of benzene rings is 1. The van der Waals surface area contributed by atoms with Crippen molar-refractivity contribution in [1.82, 2.24) is 5.32 Å². The quantitative estimate of drug-likeness (QED) is 0.567. The Labute approximate surface area is 148 Å². The number of rotatable bonds is 6. The zero-order chi connectivity index (χ0) is 15.5. The number of hydrogen-bond acceptors (Lipinski definition) is 2. The fourth-order valence-electron chi connectivity index (χ4n) is 2.63. The Kier molecular flexibility index (Phi) is 6.06. The van der Waals surface area contributed by atoms with Gasteiger partial charge in [0.15, 0.2) is 0 Å². The van der Waals surface area contributed by atoms with Crippen molar-refractivity contribution in [2.24, 2.45) is 0 Å². The van der Waals surface area contributed by atoms with Gasteiger partial charge in [-0.15, -0.1) is 11.3 Å². The van der Waals surface area contributed by atoms with E-state index in [2.05, 4.69) is 94.3 Å². The van der Waals surface area contributed by atoms with Crippen LogP contribution in [0.2, 0.25) is 0 Å². The second-order valence-corrected chi connectivity index (χ2v) is 9.50. The fraction of sp³-hybridized carbons (Fsp3) is 0.412. The Morgan fingerprint density at radius 2 is 1.86 bits per heavy atom. The molecule has 0 aliphatic heterocycles. The number of hydrogen-bond donors (Lipinski definition) is 1. The van der Waals surface area contributed by atoms with Crippen LogP contribution in [0.4, 0.5) is 0 Å². The van der Waals surface area contributed by atoms with Crippen molar-refractivity contribution < 1.29 is 0 Å². The molecule has 0 amide bonds. The summed E-state index contributed by atoms with van der Waals surface area (Å²) >= 11 is 9.06. The van der Waals surface area contributed by atoms with Gasteiger partial charge in [-0.1, -0.05) is 51.1 Å². The predicted molar refractivity (Wildman–Crippen MR) is 100 cm³/mol. The van der Waals surface area contributed by atoms with Gasteiger partial charge in [0, 0.05) is 11.5 Å². The molecular formula is C17H21Br2NS. The molecular weight excluding hydrogens is 410 g/mol. The van der Waals surface area contributed by atoms with Gasteiger partial charge in [0.1, 0.15) is 0 Å². The minimum absolute atomic E-state index is 0.0134. The monoisotopic (exact) mass is 429 g/mol. The van der Waals surface area contributed by atoms with Crippen molar-refractivity contribution in [3.05, 3.63) is 55.1 Å². The Hall–Kier alpha value is -0.160. The van der Waals surface area contributed by atoms with Gasteiger partial charge in [0.25, 0.3) is 0 Å². The van der Waals surface area contributed by atoms with Gasteiger partial charge in [-0.05, 0) is 62.0 Å². The van der Waals surface area contributed by atoms with E-state index in [4.69, 9.17) is 0 Å². The highest BCUT2D eigenvalue weighted by Gasteiger charge is 2.34. The number of halogens is 2. The zero-order valence-corrected chi connectivity index (χ0v) is 16.6. The van der Waals surface area contributed by atoms with Crippen LogP contribution >= 0.6 is 43.2 Å². The molecule has 1 atom stereocenters. The van der Waals surface area contributed by atoms with E-state index in [1.165, 1.54) is 14.9 Å². The lowest BCUT2D eigenvalue weighted by atomic mass is 9.75. The average molecular weight is 431 g/mol. The van der Waals surface area contributed by atoms with Crippen LogP contribution < -0.4 is 5.32 Å². The van der Waals surface area contributed by atoms with E-state index in [0.29, 0.717) is 0 Å². The summed E-state index contributed by atoms with van der Waals surface area (Å²) in [6.45, 7) is 7.85. The lowest BCUT2D eigenvalue weighted by molar-refractivity contribution is 0.348. The van der Waals surface area contributed by atoms with Crippen molar-refractivity contribution in [1.29, 1.82) is 0 Å². The molecule has 1 heterocycles. The molecule has 0 saturated heterocycles. The summed E-state index contributed by atoms with van der Waals surface area (Å²) < 4.78 is 2.36. The largest absolute Gasteiger partial charge is 0.309 e. The molecule has 0 bridgehead atoms. The minimum Gasteiger partial charge on any atom is -0.309 e. The first-order chi connectivity index (χ1) is 9.96. The van der Waals surface area contributed by atoms with Crippen molar-refractivity contribution in [3.63, 3.8) is 0 Å². The van der Waals surface area contributed by atoms with E-state index in [0.717, 1.165) is 16.8 Å². The first-order valence-electron chi connectivity index (χ1n) is 7.20. The first kappa shape index (κ1) is 17.2. The maximum absolute atomic E-state index is 3.73. The second kappa shape index (κ2) is 7.40. The highest BCUT2D eigenvalue weighted by Crippen LogP contribution is 2.43. The molecule has 1 unspecified atom stereocenters. The molecule has 0 radical (unpaired) electrons. The summed E-state index contributed by atoms with van der Waals surface area (Å²) in [5.74, 6) is 0. The molecule has 21 heavy (non-hydrogen) atoms. The molecule has 1 N–H and O–H groups in total. The maximum Gasteiger partial charge on any atom is 0.0758 e. The Morgan fingerprint density at radius 3 is 2.38 bits per heavy atom. The van der Waals surface area contributed by atoms with Crippen molar-refractivity contribution >= 4 is 43.2 Å². The zero-order valence-electron chi connectivity index (χ0n) is 12.6. The molecule has 0 fully saturated rings. The maximum atomic E-state index is 3.73. The lowest BCUT2D eigenvalue weighted by Crippen LogP contribution is -2.37. The molecule has 1 aromatic heterocycles. The summed E-state index contributed by atoms with van der Waals surface area (Å²) in [5.41, 5.74) is 2.70. The van der Waals surface area contributed by atoms with Crippen LogP contribution in [0.25, 0.3) is 0 Å². The Morgan fingerprint density at radius 1 is 1.19 bits per heavy atom. The van der Waals surface area contributed by atoms with Crippen molar-refractivity contribution in [2.75, 3.05) is 6.54 Å². The van der Waals surface area contributed by atoms with Crippen LogP contribution in [-0.4, -0.2) is 6.54 Å². The van der Waals surface area contributed by atoms with Gasteiger partial charge >= 0.3 is 0 Å². The Bertz CT molecular complexity index is 578. The number of thiophene rings is 1. The SMILES string of the molecule is CCCNC(c1cc(Br)sc1Br)C(C)(C)c1ccccc1. The first-order valence-corrected chi connectivity index (χ1v) is 9.60. The average Bonchev–Trinajstić information content (AvgIpc) is 2.79. The van der Waals surface area contributed by atoms with Crippen molar-refractivity contribution in [3.8, 4) is 0 Å². The Balaban J connectivity index is 2.42. The predicted octanol–water partition coefficient (Wildman–Crippen LogP) is 6.29. The van der Waals surface area contributed by atoms with Gasteiger partial charge in [0.2, 0.25) is 0 Å². The minimum atomic E-state index is 0.0134. The molecule has 1 aromatic carbocycles.